The third-order valence-electron chi connectivity index (χ3n) is 3.04. The number of hydrogen-bond acceptors (Lipinski definition) is 7. The van der Waals surface area contributed by atoms with Gasteiger partial charge < -0.3 is 20.7 Å². The summed E-state index contributed by atoms with van der Waals surface area (Å²) in [6.45, 7) is 4.69. The zero-order chi connectivity index (χ0) is 14.0. The van der Waals surface area contributed by atoms with Crippen LogP contribution in [0.4, 0.5) is 10.7 Å². The van der Waals surface area contributed by atoms with Gasteiger partial charge in [0.15, 0.2) is 5.78 Å². The number of carbonyl (C=O) groups excluding carboxylic acids is 2. The molecule has 0 spiro atoms. The van der Waals surface area contributed by atoms with Crippen LogP contribution in [0, 0.1) is 0 Å². The number of nitrogen functional groups attached to an aromatic ring is 1. The SMILES string of the molecule is COC(=O)c1c(N2CCNCC2)sc(C(C)=O)c1N. The predicted molar refractivity (Wildman–Crippen MR) is 75.2 cm³/mol. The zero-order valence-electron chi connectivity index (χ0n) is 11.0. The average molecular weight is 283 g/mol. The molecule has 0 aromatic carbocycles. The van der Waals surface area contributed by atoms with Crippen LogP contribution in [0.5, 0.6) is 0 Å². The van der Waals surface area contributed by atoms with E-state index in [1.54, 1.807) is 0 Å². The molecule has 2 heterocycles. The number of ketones is 1. The van der Waals surface area contributed by atoms with Crippen LogP contribution in [0.15, 0.2) is 0 Å². The van der Waals surface area contributed by atoms with E-state index in [1.165, 1.54) is 25.4 Å². The Balaban J connectivity index is 2.48. The van der Waals surface area contributed by atoms with Gasteiger partial charge in [0, 0.05) is 33.1 Å². The molecule has 0 unspecified atom stereocenters. The van der Waals surface area contributed by atoms with Crippen molar-refractivity contribution < 1.29 is 14.3 Å². The number of piperazine rings is 1. The first-order valence-corrected chi connectivity index (χ1v) is 6.85. The summed E-state index contributed by atoms with van der Waals surface area (Å²) in [6.07, 6.45) is 0. The minimum atomic E-state index is -0.491. The number of thiophene rings is 1. The molecule has 0 aliphatic carbocycles. The number of Topliss-reactive ketones (excluding diaryl/α,β-unsaturated/α-hetero) is 1. The second-order valence-electron chi connectivity index (χ2n) is 4.31. The van der Waals surface area contributed by atoms with Gasteiger partial charge in [0.05, 0.1) is 17.7 Å². The monoisotopic (exact) mass is 283 g/mol. The molecule has 0 saturated carbocycles. The summed E-state index contributed by atoms with van der Waals surface area (Å²) in [5.41, 5.74) is 6.49. The molecule has 3 N–H and O–H groups in total. The highest BCUT2D eigenvalue weighted by Crippen LogP contribution is 2.39. The van der Waals surface area contributed by atoms with Crippen molar-refractivity contribution in [1.82, 2.24) is 5.32 Å². The highest BCUT2D eigenvalue weighted by Gasteiger charge is 2.28. The molecule has 104 valence electrons. The van der Waals surface area contributed by atoms with E-state index in [1.807, 2.05) is 0 Å². The quantitative estimate of drug-likeness (QED) is 0.628. The van der Waals surface area contributed by atoms with Crippen LogP contribution in [0.25, 0.3) is 0 Å². The minimum Gasteiger partial charge on any atom is -0.465 e. The van der Waals surface area contributed by atoms with Gasteiger partial charge in [0.2, 0.25) is 0 Å². The first-order chi connectivity index (χ1) is 9.06. The van der Waals surface area contributed by atoms with E-state index >= 15 is 0 Å². The smallest absolute Gasteiger partial charge is 0.343 e. The fraction of sp³-hybridized carbons (Fsp3) is 0.500. The van der Waals surface area contributed by atoms with Crippen LogP contribution in [0.2, 0.25) is 0 Å². The van der Waals surface area contributed by atoms with Crippen LogP contribution in [0.1, 0.15) is 27.0 Å². The standard InChI is InChI=1S/C12H17N3O3S/c1-7(16)10-9(13)8(12(17)18-2)11(19-10)15-5-3-14-4-6-15/h14H,3-6,13H2,1-2H3. The molecule has 7 heteroatoms. The maximum atomic E-state index is 11.9. The van der Waals surface area contributed by atoms with Crippen LogP contribution in [0.3, 0.4) is 0 Å². The Morgan fingerprint density at radius 2 is 2.00 bits per heavy atom. The van der Waals surface area contributed by atoms with Crippen LogP contribution in [-0.2, 0) is 4.74 Å². The van der Waals surface area contributed by atoms with Gasteiger partial charge in [-0.05, 0) is 0 Å². The lowest BCUT2D eigenvalue weighted by Crippen LogP contribution is -2.43. The molecule has 0 amide bonds. The lowest BCUT2D eigenvalue weighted by atomic mass is 10.2. The molecule has 6 nitrogen and oxygen atoms in total. The van der Waals surface area contributed by atoms with Gasteiger partial charge in [-0.15, -0.1) is 11.3 Å². The number of carbonyl (C=O) groups is 2. The lowest BCUT2D eigenvalue weighted by Gasteiger charge is -2.28. The van der Waals surface area contributed by atoms with Crippen molar-refractivity contribution in [2.75, 3.05) is 43.9 Å². The number of esters is 1. The molecule has 19 heavy (non-hydrogen) atoms. The van der Waals surface area contributed by atoms with E-state index in [2.05, 4.69) is 10.2 Å². The van der Waals surface area contributed by atoms with Gasteiger partial charge in [-0.25, -0.2) is 4.79 Å². The second kappa shape index (κ2) is 5.58. The van der Waals surface area contributed by atoms with Gasteiger partial charge in [-0.2, -0.15) is 0 Å². The summed E-state index contributed by atoms with van der Waals surface area (Å²) in [5.74, 6) is -0.621. The van der Waals surface area contributed by atoms with Crippen molar-refractivity contribution in [2.24, 2.45) is 0 Å². The Morgan fingerprint density at radius 1 is 1.37 bits per heavy atom. The molecule has 1 aliphatic rings. The van der Waals surface area contributed by atoms with Crippen molar-refractivity contribution in [3.05, 3.63) is 10.4 Å². The number of hydrogen-bond donors (Lipinski definition) is 2. The van der Waals surface area contributed by atoms with E-state index in [9.17, 15) is 9.59 Å². The topological polar surface area (TPSA) is 84.7 Å². The first kappa shape index (κ1) is 13.8. The Kier molecular flexibility index (Phi) is 4.06. The molecule has 1 aliphatic heterocycles. The Bertz CT molecular complexity index is 507. The number of nitrogens with two attached hydrogens (primary N) is 1. The third-order valence-corrected chi connectivity index (χ3v) is 4.41. The Labute approximate surface area is 115 Å². The van der Waals surface area contributed by atoms with E-state index < -0.39 is 5.97 Å². The number of methoxy groups -OCH3 is 1. The molecule has 0 radical (unpaired) electrons. The summed E-state index contributed by atoms with van der Waals surface area (Å²) in [5, 5.41) is 3.97. The fourth-order valence-corrected chi connectivity index (χ4v) is 3.24. The molecule has 0 atom stereocenters. The van der Waals surface area contributed by atoms with Crippen molar-refractivity contribution in [2.45, 2.75) is 6.92 Å². The van der Waals surface area contributed by atoms with Crippen molar-refractivity contribution in [3.63, 3.8) is 0 Å². The average Bonchev–Trinajstić information content (AvgIpc) is 2.77. The van der Waals surface area contributed by atoms with E-state index in [-0.39, 0.29) is 11.5 Å². The summed E-state index contributed by atoms with van der Waals surface area (Å²) >= 11 is 1.27. The van der Waals surface area contributed by atoms with Gasteiger partial charge in [-0.3, -0.25) is 4.79 Å². The van der Waals surface area contributed by atoms with E-state index in [0.717, 1.165) is 31.2 Å². The van der Waals surface area contributed by atoms with Crippen molar-refractivity contribution >= 4 is 33.8 Å². The minimum absolute atomic E-state index is 0.131. The Morgan fingerprint density at radius 3 is 2.53 bits per heavy atom. The van der Waals surface area contributed by atoms with Crippen LogP contribution >= 0.6 is 11.3 Å². The van der Waals surface area contributed by atoms with Gasteiger partial charge in [0.25, 0.3) is 0 Å². The van der Waals surface area contributed by atoms with Gasteiger partial charge in [-0.1, -0.05) is 0 Å². The van der Waals surface area contributed by atoms with Crippen molar-refractivity contribution in [1.29, 1.82) is 0 Å². The normalized spacial score (nSPS) is 15.4. The maximum Gasteiger partial charge on any atom is 0.343 e. The molecule has 1 fully saturated rings. The second-order valence-corrected chi connectivity index (χ2v) is 5.31. The van der Waals surface area contributed by atoms with Crippen LogP contribution < -0.4 is 16.0 Å². The van der Waals surface area contributed by atoms with Gasteiger partial charge in [0.1, 0.15) is 10.6 Å². The molecule has 1 aromatic rings. The van der Waals surface area contributed by atoms with Crippen molar-refractivity contribution in [3.8, 4) is 0 Å². The molecule has 1 saturated heterocycles. The molecule has 0 bridgehead atoms. The number of nitrogens with one attached hydrogen (secondary N) is 1. The fourth-order valence-electron chi connectivity index (χ4n) is 2.08. The summed E-state index contributed by atoms with van der Waals surface area (Å²) in [4.78, 5) is 25.9. The molecular formula is C12H17N3O3S. The number of rotatable bonds is 3. The summed E-state index contributed by atoms with van der Waals surface area (Å²) < 4.78 is 4.78. The molecule has 2 rings (SSSR count). The van der Waals surface area contributed by atoms with Crippen LogP contribution in [-0.4, -0.2) is 45.0 Å². The van der Waals surface area contributed by atoms with Gasteiger partial charge >= 0.3 is 5.97 Å². The number of ether oxygens (including phenoxy) is 1. The third kappa shape index (κ3) is 2.57. The molecule has 1 aromatic heterocycles. The first-order valence-electron chi connectivity index (χ1n) is 6.03. The number of anilines is 2. The van der Waals surface area contributed by atoms with E-state index in [0.29, 0.717) is 10.4 Å². The lowest BCUT2D eigenvalue weighted by molar-refractivity contribution is 0.0603. The highest BCUT2D eigenvalue weighted by molar-refractivity contribution is 7.19. The summed E-state index contributed by atoms with van der Waals surface area (Å²) in [7, 11) is 1.31. The van der Waals surface area contributed by atoms with E-state index in [4.69, 9.17) is 10.5 Å². The number of nitrogens with zero attached hydrogens (tertiary/aromatic N) is 1. The Hall–Kier alpha value is -1.60. The molecular weight excluding hydrogens is 266 g/mol. The predicted octanol–water partition coefficient (Wildman–Crippen LogP) is 0.729. The summed E-state index contributed by atoms with van der Waals surface area (Å²) in [6, 6.07) is 0. The maximum absolute atomic E-state index is 11.9. The largest absolute Gasteiger partial charge is 0.465 e. The zero-order valence-corrected chi connectivity index (χ0v) is 11.8. The highest BCUT2D eigenvalue weighted by atomic mass is 32.1.